The first-order valence-electron chi connectivity index (χ1n) is 7.01. The van der Waals surface area contributed by atoms with Gasteiger partial charge in [-0.05, 0) is 30.5 Å². The maximum atomic E-state index is 10.6. The average molecular weight is 305 g/mol. The highest BCUT2D eigenvalue weighted by Crippen LogP contribution is 2.26. The molecule has 0 amide bonds. The fourth-order valence-electron chi connectivity index (χ4n) is 2.83. The van der Waals surface area contributed by atoms with Gasteiger partial charge in [-0.25, -0.2) is 4.98 Å². The molecule has 1 aromatic heterocycles. The van der Waals surface area contributed by atoms with Crippen LogP contribution in [0.25, 0.3) is 10.9 Å². The molecule has 0 atom stereocenters. The van der Waals surface area contributed by atoms with Gasteiger partial charge in [0.25, 0.3) is 0 Å². The maximum absolute atomic E-state index is 10.6. The number of nitrogens with zero attached hydrogens (tertiary/aromatic N) is 2. The van der Waals surface area contributed by atoms with Gasteiger partial charge in [0.1, 0.15) is 5.15 Å². The maximum Gasteiger partial charge on any atom is 0.303 e. The number of fused-ring (bicyclic) bond motifs is 1. The highest BCUT2D eigenvalue weighted by molar-refractivity contribution is 6.30. The van der Waals surface area contributed by atoms with E-state index >= 15 is 0 Å². The summed E-state index contributed by atoms with van der Waals surface area (Å²) in [6.07, 6.45) is 0.249. The van der Waals surface area contributed by atoms with Crippen molar-refractivity contribution in [3.05, 3.63) is 40.5 Å². The van der Waals surface area contributed by atoms with Crippen molar-refractivity contribution in [3.63, 3.8) is 0 Å². The van der Waals surface area contributed by atoms with Crippen molar-refractivity contribution >= 4 is 28.5 Å². The number of hydrogen-bond acceptors (Lipinski definition) is 3. The lowest BCUT2D eigenvalue weighted by Crippen LogP contribution is -2.46. The number of carbonyl (C=O) groups is 1. The number of carboxylic acids is 1. The Hall–Kier alpha value is -1.65. The molecule has 1 N–H and O–H groups in total. The molecule has 2 aromatic rings. The number of aromatic nitrogens is 1. The molecule has 0 radical (unpaired) electrons. The predicted molar refractivity (Wildman–Crippen MR) is 82.5 cm³/mol. The van der Waals surface area contributed by atoms with Crippen LogP contribution in [0.1, 0.15) is 17.5 Å². The second kappa shape index (κ2) is 5.62. The van der Waals surface area contributed by atoms with E-state index in [1.165, 1.54) is 0 Å². The summed E-state index contributed by atoms with van der Waals surface area (Å²) < 4.78 is 0. The highest BCUT2D eigenvalue weighted by atomic mass is 35.5. The first kappa shape index (κ1) is 14.3. The number of aliphatic carboxylic acids is 1. The number of halogens is 1. The summed E-state index contributed by atoms with van der Waals surface area (Å²) in [5, 5.41) is 10.4. The summed E-state index contributed by atoms with van der Waals surface area (Å²) in [5.74, 6) is -0.460. The van der Waals surface area contributed by atoms with Crippen molar-refractivity contribution < 1.29 is 9.90 Å². The molecule has 5 heteroatoms. The SMILES string of the molecule is Cc1ccc2cc(CN3CC(CC(=O)O)C3)c(Cl)nc2c1. The number of aryl methyl sites for hydroxylation is 1. The molecule has 2 heterocycles. The quantitative estimate of drug-likeness (QED) is 0.882. The van der Waals surface area contributed by atoms with Crippen molar-refractivity contribution in [1.82, 2.24) is 9.88 Å². The molecule has 0 unspecified atom stereocenters. The van der Waals surface area contributed by atoms with Crippen LogP contribution in [-0.2, 0) is 11.3 Å². The van der Waals surface area contributed by atoms with Gasteiger partial charge in [0.15, 0.2) is 0 Å². The first-order chi connectivity index (χ1) is 10.0. The zero-order valence-corrected chi connectivity index (χ0v) is 12.6. The summed E-state index contributed by atoms with van der Waals surface area (Å²) >= 11 is 6.27. The Kier molecular flexibility index (Phi) is 3.83. The van der Waals surface area contributed by atoms with Crippen molar-refractivity contribution in [1.29, 1.82) is 0 Å². The Morgan fingerprint density at radius 2 is 2.19 bits per heavy atom. The predicted octanol–water partition coefficient (Wildman–Crippen LogP) is 3.10. The zero-order chi connectivity index (χ0) is 15.0. The van der Waals surface area contributed by atoms with Crippen molar-refractivity contribution in [2.45, 2.75) is 19.9 Å². The lowest BCUT2D eigenvalue weighted by atomic mass is 9.96. The van der Waals surface area contributed by atoms with Gasteiger partial charge >= 0.3 is 5.97 Å². The smallest absolute Gasteiger partial charge is 0.303 e. The molecule has 4 nitrogen and oxygen atoms in total. The molecule has 1 aromatic carbocycles. The van der Waals surface area contributed by atoms with E-state index in [1.54, 1.807) is 0 Å². The Balaban J connectivity index is 1.72. The summed E-state index contributed by atoms with van der Waals surface area (Å²) in [5.41, 5.74) is 3.08. The van der Waals surface area contributed by atoms with Crippen LogP contribution in [0.5, 0.6) is 0 Å². The highest BCUT2D eigenvalue weighted by Gasteiger charge is 2.28. The summed E-state index contributed by atoms with van der Waals surface area (Å²) in [6, 6.07) is 8.22. The van der Waals surface area contributed by atoms with Gasteiger partial charge in [-0.3, -0.25) is 9.69 Å². The minimum Gasteiger partial charge on any atom is -0.481 e. The molecule has 3 rings (SSSR count). The van der Waals surface area contributed by atoms with Gasteiger partial charge in [0, 0.05) is 30.6 Å². The Labute approximate surface area is 128 Å². The summed E-state index contributed by atoms with van der Waals surface area (Å²) in [4.78, 5) is 17.3. The number of hydrogen-bond donors (Lipinski definition) is 1. The van der Waals surface area contributed by atoms with Gasteiger partial charge in [-0.2, -0.15) is 0 Å². The van der Waals surface area contributed by atoms with Gasteiger partial charge in [-0.15, -0.1) is 0 Å². The van der Waals surface area contributed by atoms with Gasteiger partial charge in [0.05, 0.1) is 11.9 Å². The summed E-state index contributed by atoms with van der Waals surface area (Å²) in [7, 11) is 0. The molecule has 0 aliphatic carbocycles. The van der Waals surface area contributed by atoms with E-state index in [0.29, 0.717) is 5.15 Å². The number of pyridine rings is 1. The van der Waals surface area contributed by atoms with Crippen LogP contribution >= 0.6 is 11.6 Å². The van der Waals surface area contributed by atoms with Crippen LogP contribution in [0, 0.1) is 12.8 Å². The molecule has 21 heavy (non-hydrogen) atoms. The Bertz CT molecular complexity index is 696. The zero-order valence-electron chi connectivity index (χ0n) is 11.8. The number of carboxylic acid groups (broad SMARTS) is 1. The van der Waals surface area contributed by atoms with Crippen LogP contribution in [0.15, 0.2) is 24.3 Å². The average Bonchev–Trinajstić information content (AvgIpc) is 2.36. The van der Waals surface area contributed by atoms with Crippen LogP contribution in [-0.4, -0.2) is 34.0 Å². The molecule has 110 valence electrons. The minimum atomic E-state index is -0.722. The lowest BCUT2D eigenvalue weighted by Gasteiger charge is -2.38. The van der Waals surface area contributed by atoms with E-state index in [1.807, 2.05) is 13.0 Å². The minimum absolute atomic E-state index is 0.249. The van der Waals surface area contributed by atoms with Crippen molar-refractivity contribution in [3.8, 4) is 0 Å². The van der Waals surface area contributed by atoms with E-state index < -0.39 is 5.97 Å². The Morgan fingerprint density at radius 3 is 2.90 bits per heavy atom. The van der Waals surface area contributed by atoms with Gasteiger partial charge in [0.2, 0.25) is 0 Å². The molecule has 1 fully saturated rings. The van der Waals surface area contributed by atoms with Gasteiger partial charge in [-0.1, -0.05) is 23.7 Å². The molecule has 1 saturated heterocycles. The Morgan fingerprint density at radius 1 is 1.43 bits per heavy atom. The third-order valence-corrected chi connectivity index (χ3v) is 4.22. The van der Waals surface area contributed by atoms with Crippen LogP contribution in [0.3, 0.4) is 0 Å². The largest absolute Gasteiger partial charge is 0.481 e. The monoisotopic (exact) mass is 304 g/mol. The molecule has 1 aliphatic heterocycles. The molecular formula is C16H17ClN2O2. The van der Waals surface area contributed by atoms with E-state index in [4.69, 9.17) is 16.7 Å². The second-order valence-electron chi connectivity index (χ2n) is 5.79. The van der Waals surface area contributed by atoms with E-state index in [2.05, 4.69) is 28.1 Å². The number of likely N-dealkylation sites (tertiary alicyclic amines) is 1. The van der Waals surface area contributed by atoms with E-state index in [-0.39, 0.29) is 12.3 Å². The third kappa shape index (κ3) is 3.17. The topological polar surface area (TPSA) is 53.4 Å². The van der Waals surface area contributed by atoms with Crippen molar-refractivity contribution in [2.75, 3.05) is 13.1 Å². The first-order valence-corrected chi connectivity index (χ1v) is 7.39. The molecule has 0 saturated carbocycles. The number of rotatable bonds is 4. The number of benzene rings is 1. The molecule has 0 spiro atoms. The molecular weight excluding hydrogens is 288 g/mol. The van der Waals surface area contributed by atoms with Crippen LogP contribution in [0.2, 0.25) is 5.15 Å². The fraction of sp³-hybridized carbons (Fsp3) is 0.375. The van der Waals surface area contributed by atoms with E-state index in [0.717, 1.165) is 41.7 Å². The van der Waals surface area contributed by atoms with Gasteiger partial charge < -0.3 is 5.11 Å². The summed E-state index contributed by atoms with van der Waals surface area (Å²) in [6.45, 7) is 4.39. The standard InChI is InChI=1S/C16H17ClN2O2/c1-10-2-3-12-6-13(16(17)18-14(12)4-10)9-19-7-11(8-19)5-15(20)21/h2-4,6,11H,5,7-9H2,1H3,(H,20,21). The normalized spacial score (nSPS) is 16.1. The van der Waals surface area contributed by atoms with Crippen molar-refractivity contribution in [2.24, 2.45) is 5.92 Å². The molecule has 1 aliphatic rings. The lowest BCUT2D eigenvalue weighted by molar-refractivity contribution is -0.139. The van der Waals surface area contributed by atoms with Crippen LogP contribution < -0.4 is 0 Å². The second-order valence-corrected chi connectivity index (χ2v) is 6.15. The fourth-order valence-corrected chi connectivity index (χ4v) is 3.04. The van der Waals surface area contributed by atoms with Crippen LogP contribution in [0.4, 0.5) is 0 Å². The van der Waals surface area contributed by atoms with E-state index in [9.17, 15) is 4.79 Å². The molecule has 0 bridgehead atoms. The third-order valence-electron chi connectivity index (χ3n) is 3.89.